The number of rotatable bonds is 4. The third-order valence-corrected chi connectivity index (χ3v) is 3.71. The van der Waals surface area contributed by atoms with Gasteiger partial charge in [-0.05, 0) is 26.7 Å². The summed E-state index contributed by atoms with van der Waals surface area (Å²) in [5, 5.41) is 0. The van der Waals surface area contributed by atoms with Crippen molar-refractivity contribution >= 4 is 5.82 Å². The maximum Gasteiger partial charge on any atom is 0.133 e. The zero-order valence-electron chi connectivity index (χ0n) is 11.8. The van der Waals surface area contributed by atoms with Crippen molar-refractivity contribution < 1.29 is 0 Å². The first-order chi connectivity index (χ1) is 9.13. The Kier molecular flexibility index (Phi) is 2.84. The summed E-state index contributed by atoms with van der Waals surface area (Å²) in [6, 6.07) is 0.916. The Hall–Kier alpha value is -1.78. The van der Waals surface area contributed by atoms with Crippen LogP contribution >= 0.6 is 0 Å². The van der Waals surface area contributed by atoms with E-state index in [1.807, 2.05) is 12.5 Å². The monoisotopic (exact) mass is 259 g/mol. The second kappa shape index (κ2) is 4.40. The Balaban J connectivity index is 2.12. The summed E-state index contributed by atoms with van der Waals surface area (Å²) in [6.45, 7) is 6.41. The van der Waals surface area contributed by atoms with E-state index >= 15 is 0 Å². The fourth-order valence-corrected chi connectivity index (χ4v) is 2.57. The van der Waals surface area contributed by atoms with Gasteiger partial charge in [-0.15, -0.1) is 0 Å². The molecule has 0 saturated heterocycles. The maximum absolute atomic E-state index is 6.34. The largest absolute Gasteiger partial charge is 0.383 e. The van der Waals surface area contributed by atoms with E-state index in [0.29, 0.717) is 12.1 Å². The van der Waals surface area contributed by atoms with E-state index in [0.717, 1.165) is 29.5 Å². The predicted molar refractivity (Wildman–Crippen MR) is 75.9 cm³/mol. The molecule has 1 saturated carbocycles. The van der Waals surface area contributed by atoms with Crippen LogP contribution in [0.3, 0.4) is 0 Å². The third-order valence-electron chi connectivity index (χ3n) is 3.71. The maximum atomic E-state index is 6.34. The van der Waals surface area contributed by atoms with Crippen LogP contribution in [0.5, 0.6) is 0 Å². The fraction of sp³-hybridized carbons (Fsp3) is 0.571. The van der Waals surface area contributed by atoms with Gasteiger partial charge in [-0.25, -0.2) is 9.97 Å². The zero-order chi connectivity index (χ0) is 13.6. The van der Waals surface area contributed by atoms with Crippen LogP contribution in [0.2, 0.25) is 0 Å². The number of imidazole rings is 2. The van der Waals surface area contributed by atoms with Crippen molar-refractivity contribution in [2.75, 3.05) is 5.73 Å². The Morgan fingerprint density at radius 2 is 2.16 bits per heavy atom. The lowest BCUT2D eigenvalue weighted by Gasteiger charge is -2.11. The van der Waals surface area contributed by atoms with Crippen molar-refractivity contribution in [3.05, 3.63) is 18.3 Å². The number of aryl methyl sites for hydroxylation is 1. The number of hydrogen-bond donors (Lipinski definition) is 1. The highest BCUT2D eigenvalue weighted by molar-refractivity contribution is 5.68. The molecule has 1 aliphatic carbocycles. The molecule has 0 bridgehead atoms. The summed E-state index contributed by atoms with van der Waals surface area (Å²) in [6.07, 6.45) is 7.06. The number of nitrogens with zero attached hydrogens (tertiary/aromatic N) is 4. The van der Waals surface area contributed by atoms with Crippen LogP contribution in [0.25, 0.3) is 11.4 Å². The smallest absolute Gasteiger partial charge is 0.133 e. The van der Waals surface area contributed by atoms with Crippen LogP contribution in [0, 0.1) is 0 Å². The minimum Gasteiger partial charge on any atom is -0.383 e. The zero-order valence-corrected chi connectivity index (χ0v) is 11.8. The van der Waals surface area contributed by atoms with Crippen molar-refractivity contribution in [2.45, 2.75) is 52.1 Å². The Morgan fingerprint density at radius 3 is 2.74 bits per heavy atom. The normalized spacial score (nSPS) is 15.4. The van der Waals surface area contributed by atoms with Crippen molar-refractivity contribution in [3.8, 4) is 11.4 Å². The molecule has 2 N–H and O–H groups in total. The van der Waals surface area contributed by atoms with Crippen LogP contribution in [0.4, 0.5) is 5.82 Å². The van der Waals surface area contributed by atoms with Gasteiger partial charge < -0.3 is 14.9 Å². The number of nitrogen functional groups attached to an aromatic ring is 1. The summed E-state index contributed by atoms with van der Waals surface area (Å²) >= 11 is 0. The molecular formula is C14H21N5. The van der Waals surface area contributed by atoms with Crippen molar-refractivity contribution in [3.63, 3.8) is 0 Å². The summed E-state index contributed by atoms with van der Waals surface area (Å²) in [4.78, 5) is 9.00. The molecule has 0 unspecified atom stereocenters. The Bertz CT molecular complexity index is 589. The van der Waals surface area contributed by atoms with Crippen LogP contribution in [-0.2, 0) is 6.42 Å². The third kappa shape index (κ3) is 1.93. The molecule has 0 spiro atoms. The molecule has 0 amide bonds. The predicted octanol–water partition coefficient (Wildman–Crippen LogP) is 2.81. The highest BCUT2D eigenvalue weighted by atomic mass is 15.2. The average Bonchev–Trinajstić information content (AvgIpc) is 2.99. The molecule has 2 aromatic heterocycles. The fourth-order valence-electron chi connectivity index (χ4n) is 2.57. The van der Waals surface area contributed by atoms with Crippen molar-refractivity contribution in [1.29, 1.82) is 0 Å². The van der Waals surface area contributed by atoms with Gasteiger partial charge >= 0.3 is 0 Å². The van der Waals surface area contributed by atoms with E-state index in [9.17, 15) is 0 Å². The van der Waals surface area contributed by atoms with E-state index in [1.165, 1.54) is 12.8 Å². The standard InChI is InChI=1S/C14H21N5/c1-4-12-17-13(14(15)19(12)10-5-6-10)11-7-16-8-18(11)9(2)3/h7-10H,4-6,15H2,1-3H3. The molecule has 19 heavy (non-hydrogen) atoms. The van der Waals surface area contributed by atoms with Crippen molar-refractivity contribution in [2.24, 2.45) is 0 Å². The van der Waals surface area contributed by atoms with Crippen molar-refractivity contribution in [1.82, 2.24) is 19.1 Å². The van der Waals surface area contributed by atoms with E-state index in [1.54, 1.807) is 0 Å². The van der Waals surface area contributed by atoms with E-state index in [-0.39, 0.29) is 0 Å². The molecule has 3 rings (SSSR count). The average molecular weight is 259 g/mol. The molecular weight excluding hydrogens is 238 g/mol. The van der Waals surface area contributed by atoms with Gasteiger partial charge in [-0.1, -0.05) is 6.92 Å². The Labute approximate surface area is 113 Å². The van der Waals surface area contributed by atoms with Gasteiger partial charge in [-0.3, -0.25) is 0 Å². The van der Waals surface area contributed by atoms with Crippen LogP contribution in [0.15, 0.2) is 12.5 Å². The lowest BCUT2D eigenvalue weighted by molar-refractivity contribution is 0.604. The molecule has 5 nitrogen and oxygen atoms in total. The molecule has 0 atom stereocenters. The first-order valence-corrected chi connectivity index (χ1v) is 7.02. The van der Waals surface area contributed by atoms with E-state index in [2.05, 4.69) is 34.9 Å². The van der Waals surface area contributed by atoms with Crippen LogP contribution in [0.1, 0.15) is 51.5 Å². The van der Waals surface area contributed by atoms with Gasteiger partial charge in [0.05, 0.1) is 18.2 Å². The number of aromatic nitrogens is 4. The van der Waals surface area contributed by atoms with Crippen LogP contribution in [-0.4, -0.2) is 19.1 Å². The van der Waals surface area contributed by atoms with E-state index in [4.69, 9.17) is 10.7 Å². The number of hydrogen-bond acceptors (Lipinski definition) is 3. The topological polar surface area (TPSA) is 61.7 Å². The lowest BCUT2D eigenvalue weighted by Crippen LogP contribution is -2.05. The van der Waals surface area contributed by atoms with Crippen LogP contribution < -0.4 is 5.73 Å². The quantitative estimate of drug-likeness (QED) is 0.918. The minimum absolute atomic E-state index is 0.355. The van der Waals surface area contributed by atoms with Gasteiger partial charge in [-0.2, -0.15) is 0 Å². The molecule has 2 aromatic rings. The second-order valence-corrected chi connectivity index (χ2v) is 5.50. The Morgan fingerprint density at radius 1 is 1.42 bits per heavy atom. The summed E-state index contributed by atoms with van der Waals surface area (Å²) in [7, 11) is 0. The first kappa shape index (κ1) is 12.3. The molecule has 1 aliphatic rings. The van der Waals surface area contributed by atoms with Gasteiger partial charge in [0.1, 0.15) is 17.3 Å². The SMILES string of the molecule is CCc1nc(-c2cncn2C(C)C)c(N)n1C1CC1. The molecule has 0 radical (unpaired) electrons. The summed E-state index contributed by atoms with van der Waals surface area (Å²) in [5.41, 5.74) is 8.24. The van der Waals surface area contributed by atoms with Gasteiger partial charge in [0, 0.05) is 18.5 Å². The number of nitrogens with two attached hydrogens (primary N) is 1. The highest BCUT2D eigenvalue weighted by Crippen LogP contribution is 2.41. The summed E-state index contributed by atoms with van der Waals surface area (Å²) in [5.74, 6) is 1.88. The van der Waals surface area contributed by atoms with Gasteiger partial charge in [0.15, 0.2) is 0 Å². The summed E-state index contributed by atoms with van der Waals surface area (Å²) < 4.78 is 4.34. The molecule has 5 heteroatoms. The second-order valence-electron chi connectivity index (χ2n) is 5.50. The molecule has 0 aromatic carbocycles. The molecule has 1 fully saturated rings. The number of anilines is 1. The van der Waals surface area contributed by atoms with Gasteiger partial charge in [0.25, 0.3) is 0 Å². The molecule has 0 aliphatic heterocycles. The minimum atomic E-state index is 0.355. The highest BCUT2D eigenvalue weighted by Gasteiger charge is 2.30. The lowest BCUT2D eigenvalue weighted by atomic mass is 10.3. The molecule has 2 heterocycles. The van der Waals surface area contributed by atoms with Gasteiger partial charge in [0.2, 0.25) is 0 Å². The first-order valence-electron chi connectivity index (χ1n) is 7.02. The van der Waals surface area contributed by atoms with E-state index < -0.39 is 0 Å². The molecule has 102 valence electrons.